The third kappa shape index (κ3) is 2.74. The fourth-order valence-corrected chi connectivity index (χ4v) is 6.79. The Hall–Kier alpha value is -4.25. The molecule has 2 amide bonds. The molecule has 2 bridgehead atoms. The Morgan fingerprint density at radius 3 is 1.67 bits per heavy atom. The van der Waals surface area contributed by atoms with E-state index in [0.29, 0.717) is 0 Å². The molecule has 0 spiro atoms. The molecular weight excluding hydrogens is 446 g/mol. The van der Waals surface area contributed by atoms with E-state index in [4.69, 9.17) is 0 Å². The first-order valence-electron chi connectivity index (χ1n) is 12.4. The summed E-state index contributed by atoms with van der Waals surface area (Å²) in [5.74, 6) is -1.46. The number of imide groups is 1. The Morgan fingerprint density at radius 2 is 1.17 bits per heavy atom. The fourth-order valence-electron chi connectivity index (χ4n) is 6.79. The van der Waals surface area contributed by atoms with Crippen LogP contribution in [-0.2, 0) is 9.59 Å². The molecule has 0 N–H and O–H groups in total. The SMILES string of the molecule is Cc1cc(/C=N\N2C(=O)[C@@H]3C4c5ccccc5C(c5ccccc54)[C@H]3C2=O)c(C)n1-c1ccccc1. The summed E-state index contributed by atoms with van der Waals surface area (Å²) in [5, 5.41) is 5.65. The molecular formula is C31H25N3O2. The number of hydrogen-bond acceptors (Lipinski definition) is 3. The van der Waals surface area contributed by atoms with Gasteiger partial charge in [-0.25, -0.2) is 0 Å². The lowest BCUT2D eigenvalue weighted by Gasteiger charge is -2.45. The zero-order valence-electron chi connectivity index (χ0n) is 20.1. The molecule has 1 fully saturated rings. The van der Waals surface area contributed by atoms with Gasteiger partial charge in [-0.3, -0.25) is 9.59 Å². The molecule has 1 aromatic heterocycles. The Morgan fingerprint density at radius 1 is 0.694 bits per heavy atom. The van der Waals surface area contributed by atoms with Crippen LogP contribution in [0.5, 0.6) is 0 Å². The molecule has 176 valence electrons. The van der Waals surface area contributed by atoms with Gasteiger partial charge in [-0.2, -0.15) is 10.1 Å². The molecule has 36 heavy (non-hydrogen) atoms. The fraction of sp³-hybridized carbons (Fsp3) is 0.194. The minimum Gasteiger partial charge on any atom is -0.318 e. The molecule has 4 aromatic rings. The van der Waals surface area contributed by atoms with Crippen LogP contribution >= 0.6 is 0 Å². The van der Waals surface area contributed by atoms with Gasteiger partial charge in [0.25, 0.3) is 11.8 Å². The number of aryl methyl sites for hydroxylation is 1. The highest BCUT2D eigenvalue weighted by Crippen LogP contribution is 2.60. The molecule has 5 heteroatoms. The van der Waals surface area contributed by atoms with Crippen molar-refractivity contribution in [3.05, 3.63) is 124 Å². The lowest BCUT2D eigenvalue weighted by molar-refractivity contribution is -0.139. The van der Waals surface area contributed by atoms with Crippen molar-refractivity contribution in [1.82, 2.24) is 9.58 Å². The first kappa shape index (κ1) is 21.1. The minimum atomic E-state index is -0.416. The molecule has 3 aliphatic carbocycles. The van der Waals surface area contributed by atoms with Crippen LogP contribution in [0.25, 0.3) is 5.69 Å². The van der Waals surface area contributed by atoms with Gasteiger partial charge in [-0.05, 0) is 54.3 Å². The van der Waals surface area contributed by atoms with Gasteiger partial charge in [0, 0.05) is 34.5 Å². The van der Waals surface area contributed by atoms with Crippen LogP contribution in [0.3, 0.4) is 0 Å². The molecule has 1 aliphatic heterocycles. The van der Waals surface area contributed by atoms with E-state index in [1.165, 1.54) is 22.3 Å². The van der Waals surface area contributed by atoms with Crippen molar-refractivity contribution in [2.24, 2.45) is 16.9 Å². The van der Waals surface area contributed by atoms with Crippen molar-refractivity contribution < 1.29 is 9.59 Å². The molecule has 1 saturated heterocycles. The lowest BCUT2D eigenvalue weighted by Crippen LogP contribution is -2.41. The number of carbonyl (C=O) groups is 2. The number of carbonyl (C=O) groups excluding carboxylic acids is 2. The predicted molar refractivity (Wildman–Crippen MR) is 138 cm³/mol. The third-order valence-corrected chi connectivity index (χ3v) is 8.22. The van der Waals surface area contributed by atoms with Gasteiger partial charge in [0.15, 0.2) is 0 Å². The Kier molecular flexibility index (Phi) is 4.46. The predicted octanol–water partition coefficient (Wildman–Crippen LogP) is 5.32. The molecule has 8 rings (SSSR count). The Bertz CT molecular complexity index is 1470. The first-order chi connectivity index (χ1) is 17.6. The van der Waals surface area contributed by atoms with Crippen molar-refractivity contribution in [3.63, 3.8) is 0 Å². The highest BCUT2D eigenvalue weighted by atomic mass is 16.2. The topological polar surface area (TPSA) is 54.7 Å². The van der Waals surface area contributed by atoms with Gasteiger partial charge in [-0.15, -0.1) is 0 Å². The Balaban J connectivity index is 1.28. The highest BCUT2D eigenvalue weighted by Gasteiger charge is 2.61. The monoisotopic (exact) mass is 471 g/mol. The van der Waals surface area contributed by atoms with Gasteiger partial charge in [0.2, 0.25) is 0 Å². The van der Waals surface area contributed by atoms with E-state index >= 15 is 0 Å². The molecule has 0 saturated carbocycles. The van der Waals surface area contributed by atoms with E-state index in [1.54, 1.807) is 6.21 Å². The maximum Gasteiger partial charge on any atom is 0.254 e. The number of rotatable bonds is 3. The van der Waals surface area contributed by atoms with E-state index in [1.807, 2.05) is 62.4 Å². The van der Waals surface area contributed by atoms with Gasteiger partial charge in [0.1, 0.15) is 0 Å². The largest absolute Gasteiger partial charge is 0.318 e. The summed E-state index contributed by atoms with van der Waals surface area (Å²) in [6.07, 6.45) is 1.66. The average Bonchev–Trinajstić information content (AvgIpc) is 3.34. The normalized spacial score (nSPS) is 23.8. The molecule has 2 heterocycles. The van der Waals surface area contributed by atoms with Crippen LogP contribution in [0.1, 0.15) is 51.0 Å². The van der Waals surface area contributed by atoms with Crippen LogP contribution in [-0.4, -0.2) is 27.6 Å². The van der Waals surface area contributed by atoms with E-state index in [2.05, 4.69) is 46.1 Å². The number of nitrogens with zero attached hydrogens (tertiary/aromatic N) is 3. The van der Waals surface area contributed by atoms with E-state index in [-0.39, 0.29) is 23.7 Å². The van der Waals surface area contributed by atoms with Crippen molar-refractivity contribution in [2.45, 2.75) is 25.7 Å². The lowest BCUT2D eigenvalue weighted by atomic mass is 9.55. The molecule has 2 atom stereocenters. The average molecular weight is 472 g/mol. The van der Waals surface area contributed by atoms with E-state index < -0.39 is 11.8 Å². The van der Waals surface area contributed by atoms with Crippen LogP contribution in [0.2, 0.25) is 0 Å². The van der Waals surface area contributed by atoms with Crippen molar-refractivity contribution in [2.75, 3.05) is 0 Å². The molecule has 0 radical (unpaired) electrons. The second-order valence-corrected chi connectivity index (χ2v) is 10.00. The maximum absolute atomic E-state index is 13.7. The second-order valence-electron chi connectivity index (χ2n) is 10.00. The van der Waals surface area contributed by atoms with Gasteiger partial charge < -0.3 is 4.57 Å². The minimum absolute atomic E-state index is 0.118. The zero-order valence-corrected chi connectivity index (χ0v) is 20.1. The van der Waals surface area contributed by atoms with Gasteiger partial charge in [0.05, 0.1) is 18.1 Å². The van der Waals surface area contributed by atoms with E-state index in [9.17, 15) is 9.59 Å². The Labute approximate surface area is 209 Å². The summed E-state index contributed by atoms with van der Waals surface area (Å²) in [6, 6.07) is 28.7. The number of benzene rings is 3. The van der Waals surface area contributed by atoms with Crippen LogP contribution in [0, 0.1) is 25.7 Å². The smallest absolute Gasteiger partial charge is 0.254 e. The maximum atomic E-state index is 13.7. The molecule has 4 aliphatic rings. The van der Waals surface area contributed by atoms with Crippen LogP contribution in [0.15, 0.2) is 90.0 Å². The van der Waals surface area contributed by atoms with Crippen molar-refractivity contribution in [1.29, 1.82) is 0 Å². The zero-order chi connectivity index (χ0) is 24.6. The summed E-state index contributed by atoms with van der Waals surface area (Å²) in [7, 11) is 0. The van der Waals surface area contributed by atoms with Gasteiger partial charge >= 0.3 is 0 Å². The van der Waals surface area contributed by atoms with Crippen molar-refractivity contribution in [3.8, 4) is 5.69 Å². The first-order valence-corrected chi connectivity index (χ1v) is 12.4. The molecule has 3 aromatic carbocycles. The third-order valence-electron chi connectivity index (χ3n) is 8.22. The summed E-state index contributed by atoms with van der Waals surface area (Å²) in [6.45, 7) is 4.08. The highest BCUT2D eigenvalue weighted by molar-refractivity contribution is 6.08. The quantitative estimate of drug-likeness (QED) is 0.300. The molecule has 0 unspecified atom stereocenters. The number of amides is 2. The second kappa shape index (κ2) is 7.62. The summed E-state index contributed by atoms with van der Waals surface area (Å²) in [4.78, 5) is 27.5. The van der Waals surface area contributed by atoms with E-state index in [0.717, 1.165) is 27.6 Å². The van der Waals surface area contributed by atoms with Crippen molar-refractivity contribution >= 4 is 18.0 Å². The van der Waals surface area contributed by atoms with Crippen LogP contribution < -0.4 is 0 Å². The number of hydrazone groups is 1. The summed E-state index contributed by atoms with van der Waals surface area (Å²) in [5.41, 5.74) is 8.71. The summed E-state index contributed by atoms with van der Waals surface area (Å²) < 4.78 is 2.16. The summed E-state index contributed by atoms with van der Waals surface area (Å²) >= 11 is 0. The number of para-hydroxylation sites is 1. The number of aromatic nitrogens is 1. The number of hydrogen-bond donors (Lipinski definition) is 0. The standard InChI is InChI=1S/C31H25N3O2/c1-18-16-20(19(2)33(18)21-10-4-3-5-11-21)17-32-34-30(35)28-26-22-12-6-7-13-23(22)27(29(28)31(34)36)25-15-9-8-14-24(25)26/h3-17,26-29H,1-2H3/b32-17-/t26?,27?,28-,29-/m1/s1. The van der Waals surface area contributed by atoms with Gasteiger partial charge in [-0.1, -0.05) is 66.7 Å². The van der Waals surface area contributed by atoms with Crippen LogP contribution in [0.4, 0.5) is 0 Å². The molecule has 5 nitrogen and oxygen atoms in total.